The van der Waals surface area contributed by atoms with Crippen molar-refractivity contribution >= 4 is 5.97 Å². The average molecular weight is 230 g/mol. The summed E-state index contributed by atoms with van der Waals surface area (Å²) in [5, 5.41) is 9.14. The molecule has 1 N–H and O–H groups in total. The fraction of sp³-hybridized carbons (Fsp3) is 0.231. The van der Waals surface area contributed by atoms with Gasteiger partial charge in [0, 0.05) is 17.6 Å². The van der Waals surface area contributed by atoms with Crippen molar-refractivity contribution in [3.05, 3.63) is 48.0 Å². The lowest BCUT2D eigenvalue weighted by Gasteiger charge is -2.12. The van der Waals surface area contributed by atoms with Crippen LogP contribution in [0, 0.1) is 0 Å². The lowest BCUT2D eigenvalue weighted by atomic mass is 10.1. The summed E-state index contributed by atoms with van der Waals surface area (Å²) in [6.45, 7) is 4.03. The first kappa shape index (κ1) is 11.4. The van der Waals surface area contributed by atoms with Gasteiger partial charge >= 0.3 is 5.97 Å². The predicted molar refractivity (Wildman–Crippen MR) is 64.6 cm³/mol. The van der Waals surface area contributed by atoms with E-state index in [1.807, 2.05) is 44.2 Å². The Morgan fingerprint density at radius 2 is 1.94 bits per heavy atom. The highest BCUT2D eigenvalue weighted by Crippen LogP contribution is 2.21. The van der Waals surface area contributed by atoms with Crippen LogP contribution in [0.1, 0.15) is 36.1 Å². The molecule has 1 aromatic carbocycles. The van der Waals surface area contributed by atoms with Crippen LogP contribution in [-0.4, -0.2) is 20.6 Å². The van der Waals surface area contributed by atoms with Crippen LogP contribution in [-0.2, 0) is 0 Å². The van der Waals surface area contributed by atoms with Gasteiger partial charge in [-0.3, -0.25) is 4.57 Å². The number of para-hydroxylation sites is 1. The summed E-state index contributed by atoms with van der Waals surface area (Å²) in [6, 6.07) is 9.41. The summed E-state index contributed by atoms with van der Waals surface area (Å²) in [4.78, 5) is 15.1. The van der Waals surface area contributed by atoms with Gasteiger partial charge in [-0.2, -0.15) is 0 Å². The van der Waals surface area contributed by atoms with Crippen LogP contribution >= 0.6 is 0 Å². The van der Waals surface area contributed by atoms with E-state index in [1.165, 1.54) is 0 Å². The molecule has 4 nitrogen and oxygen atoms in total. The number of imidazole rings is 1. The highest BCUT2D eigenvalue weighted by Gasteiger charge is 2.18. The predicted octanol–water partition coefficient (Wildman–Crippen LogP) is 2.69. The molecule has 0 aliphatic rings. The van der Waals surface area contributed by atoms with Gasteiger partial charge in [0.2, 0.25) is 5.82 Å². The van der Waals surface area contributed by atoms with E-state index in [0.29, 0.717) is 0 Å². The van der Waals surface area contributed by atoms with Crippen molar-refractivity contribution in [3.63, 3.8) is 0 Å². The Kier molecular flexibility index (Phi) is 2.95. The van der Waals surface area contributed by atoms with E-state index in [-0.39, 0.29) is 11.7 Å². The number of carboxylic acid groups (broad SMARTS) is 1. The van der Waals surface area contributed by atoms with Crippen LogP contribution in [0.4, 0.5) is 0 Å². The molecule has 0 radical (unpaired) electrons. The van der Waals surface area contributed by atoms with Crippen LogP contribution in [0.25, 0.3) is 5.69 Å². The maximum atomic E-state index is 11.1. The molecule has 0 saturated carbocycles. The quantitative estimate of drug-likeness (QED) is 0.882. The van der Waals surface area contributed by atoms with Crippen LogP contribution in [0.15, 0.2) is 36.5 Å². The Bertz CT molecular complexity index is 530. The second-order valence-corrected chi connectivity index (χ2v) is 4.14. The molecule has 2 rings (SSSR count). The molecule has 88 valence electrons. The van der Waals surface area contributed by atoms with Crippen molar-refractivity contribution in [2.45, 2.75) is 19.8 Å². The van der Waals surface area contributed by atoms with Gasteiger partial charge in [-0.15, -0.1) is 0 Å². The lowest BCUT2D eigenvalue weighted by Crippen LogP contribution is -2.11. The number of carbonyl (C=O) groups is 1. The van der Waals surface area contributed by atoms with Crippen LogP contribution < -0.4 is 0 Å². The van der Waals surface area contributed by atoms with Gasteiger partial charge in [0.25, 0.3) is 0 Å². The van der Waals surface area contributed by atoms with Crippen molar-refractivity contribution in [1.29, 1.82) is 0 Å². The van der Waals surface area contributed by atoms with Crippen LogP contribution in [0.2, 0.25) is 0 Å². The van der Waals surface area contributed by atoms with Crippen LogP contribution in [0.5, 0.6) is 0 Å². The molecule has 0 spiro atoms. The minimum atomic E-state index is -1.01. The number of aromatic carboxylic acids is 1. The summed E-state index contributed by atoms with van der Waals surface area (Å²) < 4.78 is 1.69. The summed E-state index contributed by atoms with van der Waals surface area (Å²) in [5.74, 6) is -0.739. The van der Waals surface area contributed by atoms with E-state index >= 15 is 0 Å². The number of nitrogens with zero attached hydrogens (tertiary/aromatic N) is 2. The number of carboxylic acids is 1. The smallest absolute Gasteiger partial charge is 0.372 e. The van der Waals surface area contributed by atoms with Gasteiger partial charge in [0.15, 0.2) is 0 Å². The van der Waals surface area contributed by atoms with Gasteiger partial charge in [-0.25, -0.2) is 9.78 Å². The Morgan fingerprint density at radius 1 is 1.29 bits per heavy atom. The molecule has 0 bridgehead atoms. The fourth-order valence-electron chi connectivity index (χ4n) is 1.77. The van der Waals surface area contributed by atoms with Gasteiger partial charge in [-0.1, -0.05) is 32.0 Å². The van der Waals surface area contributed by atoms with E-state index in [2.05, 4.69) is 4.98 Å². The topological polar surface area (TPSA) is 55.1 Å². The summed E-state index contributed by atoms with van der Waals surface area (Å²) >= 11 is 0. The van der Waals surface area contributed by atoms with E-state index in [4.69, 9.17) is 5.11 Å². The zero-order valence-corrected chi connectivity index (χ0v) is 9.79. The average Bonchev–Trinajstić information content (AvgIpc) is 2.74. The van der Waals surface area contributed by atoms with Crippen LogP contribution in [0.3, 0.4) is 0 Å². The number of rotatable bonds is 3. The molecule has 0 amide bonds. The lowest BCUT2D eigenvalue weighted by molar-refractivity contribution is 0.0681. The Morgan fingerprint density at radius 3 is 2.47 bits per heavy atom. The molecule has 0 fully saturated rings. The zero-order valence-electron chi connectivity index (χ0n) is 9.79. The molecule has 1 aromatic heterocycles. The molecular weight excluding hydrogens is 216 g/mol. The maximum Gasteiger partial charge on any atom is 0.372 e. The monoisotopic (exact) mass is 230 g/mol. The first-order chi connectivity index (χ1) is 8.11. The largest absolute Gasteiger partial charge is 0.475 e. The molecule has 17 heavy (non-hydrogen) atoms. The minimum Gasteiger partial charge on any atom is -0.475 e. The number of benzene rings is 1. The van der Waals surface area contributed by atoms with E-state index in [0.717, 1.165) is 11.4 Å². The first-order valence-electron chi connectivity index (χ1n) is 5.47. The summed E-state index contributed by atoms with van der Waals surface area (Å²) in [6.07, 6.45) is 1.63. The molecule has 0 unspecified atom stereocenters. The zero-order chi connectivity index (χ0) is 12.4. The molecule has 0 aliphatic carbocycles. The highest BCUT2D eigenvalue weighted by molar-refractivity contribution is 5.84. The van der Waals surface area contributed by atoms with Gasteiger partial charge in [0.1, 0.15) is 0 Å². The van der Waals surface area contributed by atoms with Gasteiger partial charge < -0.3 is 5.11 Å². The third-order valence-corrected chi connectivity index (χ3v) is 2.59. The van der Waals surface area contributed by atoms with E-state index in [1.54, 1.807) is 10.8 Å². The maximum absolute atomic E-state index is 11.1. The number of hydrogen-bond acceptors (Lipinski definition) is 2. The Labute approximate surface area is 99.5 Å². The fourth-order valence-corrected chi connectivity index (χ4v) is 1.77. The normalized spacial score (nSPS) is 10.8. The van der Waals surface area contributed by atoms with Crippen molar-refractivity contribution in [3.8, 4) is 5.69 Å². The minimum absolute atomic E-state index is 0.0555. The standard InChI is InChI=1S/C13H14N2O2/c1-9(2)11-8-14-12(13(16)17)15(11)10-6-4-3-5-7-10/h3-9H,1-2H3,(H,16,17). The molecule has 0 saturated heterocycles. The summed E-state index contributed by atoms with van der Waals surface area (Å²) in [7, 11) is 0. The number of hydrogen-bond donors (Lipinski definition) is 1. The molecule has 1 heterocycles. The molecule has 0 atom stereocenters. The highest BCUT2D eigenvalue weighted by atomic mass is 16.4. The molecular formula is C13H14N2O2. The van der Waals surface area contributed by atoms with Gasteiger partial charge in [-0.05, 0) is 18.1 Å². The van der Waals surface area contributed by atoms with Gasteiger partial charge in [0.05, 0.1) is 0 Å². The molecule has 4 heteroatoms. The third-order valence-electron chi connectivity index (χ3n) is 2.59. The SMILES string of the molecule is CC(C)c1cnc(C(=O)O)n1-c1ccccc1. The Balaban J connectivity index is 2.65. The second-order valence-electron chi connectivity index (χ2n) is 4.14. The van der Waals surface area contributed by atoms with Crippen molar-refractivity contribution in [2.75, 3.05) is 0 Å². The van der Waals surface area contributed by atoms with E-state index < -0.39 is 5.97 Å². The Hall–Kier alpha value is -2.10. The van der Waals surface area contributed by atoms with Crippen molar-refractivity contribution in [1.82, 2.24) is 9.55 Å². The van der Waals surface area contributed by atoms with Crippen molar-refractivity contribution < 1.29 is 9.90 Å². The third kappa shape index (κ3) is 2.06. The second kappa shape index (κ2) is 4.41. The van der Waals surface area contributed by atoms with E-state index in [9.17, 15) is 4.79 Å². The number of aromatic nitrogens is 2. The first-order valence-corrected chi connectivity index (χ1v) is 5.47. The summed E-state index contributed by atoms with van der Waals surface area (Å²) in [5.41, 5.74) is 1.72. The van der Waals surface area contributed by atoms with Crippen molar-refractivity contribution in [2.24, 2.45) is 0 Å². The molecule has 0 aliphatic heterocycles. The molecule has 2 aromatic rings.